The molecule has 3 aromatic rings. The molecule has 0 saturated carbocycles. The van der Waals surface area contributed by atoms with Crippen LogP contribution in [0.5, 0.6) is 0 Å². The molecule has 4 rings (SSSR count). The highest BCUT2D eigenvalue weighted by atomic mass is 16.2. The Morgan fingerprint density at radius 1 is 1.05 bits per heavy atom. The minimum absolute atomic E-state index is 0.0557. The van der Waals surface area contributed by atoms with Crippen LogP contribution in [0.1, 0.15) is 11.1 Å². The summed E-state index contributed by atoms with van der Waals surface area (Å²) >= 11 is 0. The molecule has 4 heteroatoms. The second kappa shape index (κ2) is 5.00. The second-order valence-corrected chi connectivity index (χ2v) is 5.12. The lowest BCUT2D eigenvalue weighted by Crippen LogP contribution is -2.03. The van der Waals surface area contributed by atoms with E-state index in [1.807, 2.05) is 65.4 Å². The van der Waals surface area contributed by atoms with E-state index in [-0.39, 0.29) is 5.91 Å². The van der Waals surface area contributed by atoms with Crippen molar-refractivity contribution < 1.29 is 4.79 Å². The Hall–Kier alpha value is -3.14. The number of hydrogen-bond donors (Lipinski definition) is 1. The van der Waals surface area contributed by atoms with Crippen molar-refractivity contribution in [2.75, 3.05) is 5.32 Å². The maximum atomic E-state index is 12.1. The van der Waals surface area contributed by atoms with Gasteiger partial charge in [0.2, 0.25) is 0 Å². The molecule has 0 unspecified atom stereocenters. The number of aromatic nitrogens is 2. The maximum Gasteiger partial charge on any atom is 0.256 e. The molecule has 1 N–H and O–H groups in total. The summed E-state index contributed by atoms with van der Waals surface area (Å²) in [4.78, 5) is 16.1. The topological polar surface area (TPSA) is 46.9 Å². The molecule has 0 radical (unpaired) electrons. The number of nitrogens with one attached hydrogen (secondary N) is 1. The average molecular weight is 287 g/mol. The highest BCUT2D eigenvalue weighted by Crippen LogP contribution is 2.32. The molecule has 2 aromatic carbocycles. The normalized spacial score (nSPS) is 14.9. The molecule has 0 saturated heterocycles. The number of imidazole rings is 1. The molecular formula is C18H13N3O. The highest BCUT2D eigenvalue weighted by molar-refractivity contribution is 6.34. The fourth-order valence-corrected chi connectivity index (χ4v) is 2.60. The maximum absolute atomic E-state index is 12.1. The highest BCUT2D eigenvalue weighted by Gasteiger charge is 2.23. The molecule has 0 fully saturated rings. The summed E-state index contributed by atoms with van der Waals surface area (Å²) in [5.74, 6) is -0.0557. The van der Waals surface area contributed by atoms with Gasteiger partial charge in [0, 0.05) is 34.9 Å². The smallest absolute Gasteiger partial charge is 0.256 e. The largest absolute Gasteiger partial charge is 0.321 e. The molecule has 106 valence electrons. The quantitative estimate of drug-likeness (QED) is 0.735. The van der Waals surface area contributed by atoms with Gasteiger partial charge in [-0.25, -0.2) is 4.98 Å². The number of nitrogens with zero attached hydrogens (tertiary/aromatic N) is 2. The first kappa shape index (κ1) is 12.6. The van der Waals surface area contributed by atoms with Gasteiger partial charge in [0.05, 0.1) is 6.33 Å². The van der Waals surface area contributed by atoms with Crippen LogP contribution in [0.2, 0.25) is 0 Å². The van der Waals surface area contributed by atoms with E-state index in [9.17, 15) is 4.79 Å². The molecule has 0 bridgehead atoms. The molecular weight excluding hydrogens is 274 g/mol. The van der Waals surface area contributed by atoms with Crippen LogP contribution in [0.4, 0.5) is 5.69 Å². The molecule has 1 aromatic heterocycles. The number of anilines is 1. The summed E-state index contributed by atoms with van der Waals surface area (Å²) < 4.78 is 1.94. The van der Waals surface area contributed by atoms with Crippen LogP contribution in [-0.2, 0) is 4.79 Å². The zero-order chi connectivity index (χ0) is 14.9. The van der Waals surface area contributed by atoms with E-state index >= 15 is 0 Å². The van der Waals surface area contributed by atoms with E-state index in [0.717, 1.165) is 22.5 Å². The summed E-state index contributed by atoms with van der Waals surface area (Å²) in [6, 6.07) is 15.7. The Bertz CT molecular complexity index is 862. The van der Waals surface area contributed by atoms with Crippen molar-refractivity contribution in [3.63, 3.8) is 0 Å². The Kier molecular flexibility index (Phi) is 2.86. The van der Waals surface area contributed by atoms with Gasteiger partial charge in [-0.2, -0.15) is 0 Å². The Balaban J connectivity index is 1.70. The van der Waals surface area contributed by atoms with Crippen LogP contribution in [0, 0.1) is 0 Å². The lowest BCUT2D eigenvalue weighted by molar-refractivity contribution is -0.110. The Labute approximate surface area is 127 Å². The van der Waals surface area contributed by atoms with Gasteiger partial charge in [0.1, 0.15) is 0 Å². The van der Waals surface area contributed by atoms with Crippen molar-refractivity contribution in [3.05, 3.63) is 78.4 Å². The van der Waals surface area contributed by atoms with Crippen molar-refractivity contribution in [2.24, 2.45) is 0 Å². The first-order valence-electron chi connectivity index (χ1n) is 7.02. The lowest BCUT2D eigenvalue weighted by atomic mass is 10.0. The third-order valence-corrected chi connectivity index (χ3v) is 3.72. The van der Waals surface area contributed by atoms with E-state index in [1.54, 1.807) is 12.5 Å². The Morgan fingerprint density at radius 2 is 1.86 bits per heavy atom. The van der Waals surface area contributed by atoms with Gasteiger partial charge in [-0.3, -0.25) is 4.79 Å². The molecule has 4 nitrogen and oxygen atoms in total. The SMILES string of the molecule is O=C1Nc2ccccc2/C1=C/c1ccc(-n2ccnc2)cc1. The number of amides is 1. The van der Waals surface area contributed by atoms with E-state index < -0.39 is 0 Å². The standard InChI is InChI=1S/C18H13N3O/c22-18-16(15-3-1-2-4-17(15)20-18)11-13-5-7-14(8-6-13)21-10-9-19-12-21/h1-12H,(H,20,22)/b16-11-. The van der Waals surface area contributed by atoms with Crippen molar-refractivity contribution in [1.29, 1.82) is 0 Å². The molecule has 0 spiro atoms. The fourth-order valence-electron chi connectivity index (χ4n) is 2.60. The van der Waals surface area contributed by atoms with E-state index in [2.05, 4.69) is 10.3 Å². The molecule has 1 aliphatic heterocycles. The predicted octanol–water partition coefficient (Wildman–Crippen LogP) is 3.37. The van der Waals surface area contributed by atoms with Gasteiger partial charge in [0.15, 0.2) is 0 Å². The van der Waals surface area contributed by atoms with Crippen molar-refractivity contribution in [3.8, 4) is 5.69 Å². The van der Waals surface area contributed by atoms with Gasteiger partial charge >= 0.3 is 0 Å². The number of carbonyl (C=O) groups excluding carboxylic acids is 1. The average Bonchev–Trinajstić information content (AvgIpc) is 3.17. The zero-order valence-electron chi connectivity index (χ0n) is 11.7. The van der Waals surface area contributed by atoms with Crippen LogP contribution in [0.15, 0.2) is 67.3 Å². The second-order valence-electron chi connectivity index (χ2n) is 5.12. The van der Waals surface area contributed by atoms with Gasteiger partial charge in [-0.1, -0.05) is 30.3 Å². The summed E-state index contributed by atoms with van der Waals surface area (Å²) in [5.41, 5.74) is 4.55. The van der Waals surface area contributed by atoms with E-state index in [1.165, 1.54) is 0 Å². The van der Waals surface area contributed by atoms with E-state index in [0.29, 0.717) is 5.57 Å². The van der Waals surface area contributed by atoms with Crippen LogP contribution < -0.4 is 5.32 Å². The Morgan fingerprint density at radius 3 is 2.64 bits per heavy atom. The minimum atomic E-state index is -0.0557. The van der Waals surface area contributed by atoms with Gasteiger partial charge in [-0.05, 0) is 29.8 Å². The summed E-state index contributed by atoms with van der Waals surface area (Å²) in [5, 5.41) is 2.88. The van der Waals surface area contributed by atoms with Crippen LogP contribution in [0.25, 0.3) is 17.3 Å². The minimum Gasteiger partial charge on any atom is -0.321 e. The monoisotopic (exact) mass is 287 g/mol. The third-order valence-electron chi connectivity index (χ3n) is 3.72. The summed E-state index contributed by atoms with van der Waals surface area (Å²) in [6.07, 6.45) is 7.32. The first-order valence-corrected chi connectivity index (χ1v) is 7.02. The summed E-state index contributed by atoms with van der Waals surface area (Å²) in [7, 11) is 0. The lowest BCUT2D eigenvalue weighted by Gasteiger charge is -2.03. The molecule has 0 atom stereocenters. The fraction of sp³-hybridized carbons (Fsp3) is 0. The van der Waals surface area contributed by atoms with E-state index in [4.69, 9.17) is 0 Å². The van der Waals surface area contributed by atoms with Crippen LogP contribution in [-0.4, -0.2) is 15.5 Å². The molecule has 2 heterocycles. The third kappa shape index (κ3) is 2.11. The molecule has 0 aliphatic carbocycles. The van der Waals surface area contributed by atoms with Crippen molar-refractivity contribution in [2.45, 2.75) is 0 Å². The molecule has 1 aliphatic rings. The number of benzene rings is 2. The zero-order valence-corrected chi connectivity index (χ0v) is 11.7. The summed E-state index contributed by atoms with van der Waals surface area (Å²) in [6.45, 7) is 0. The van der Waals surface area contributed by atoms with Gasteiger partial charge in [0.25, 0.3) is 5.91 Å². The molecule has 22 heavy (non-hydrogen) atoms. The number of hydrogen-bond acceptors (Lipinski definition) is 2. The van der Waals surface area contributed by atoms with Crippen LogP contribution in [0.3, 0.4) is 0 Å². The van der Waals surface area contributed by atoms with Crippen molar-refractivity contribution in [1.82, 2.24) is 9.55 Å². The van der Waals surface area contributed by atoms with Crippen LogP contribution >= 0.6 is 0 Å². The number of carbonyl (C=O) groups is 1. The molecule has 1 amide bonds. The number of para-hydroxylation sites is 1. The number of fused-ring (bicyclic) bond motifs is 1. The van der Waals surface area contributed by atoms with Gasteiger partial charge < -0.3 is 9.88 Å². The van der Waals surface area contributed by atoms with Crippen molar-refractivity contribution >= 4 is 23.2 Å². The first-order chi connectivity index (χ1) is 10.8. The van der Waals surface area contributed by atoms with Gasteiger partial charge in [-0.15, -0.1) is 0 Å². The number of rotatable bonds is 2. The predicted molar refractivity (Wildman–Crippen MR) is 86.5 cm³/mol.